The van der Waals surface area contributed by atoms with Gasteiger partial charge in [0.25, 0.3) is 0 Å². The van der Waals surface area contributed by atoms with E-state index in [0.717, 1.165) is 69.6 Å². The van der Waals surface area contributed by atoms with Gasteiger partial charge in [0.05, 0.1) is 19.3 Å². The van der Waals surface area contributed by atoms with Crippen LogP contribution in [0.25, 0.3) is 0 Å². The number of aryl methyl sites for hydroxylation is 1. The van der Waals surface area contributed by atoms with Gasteiger partial charge in [0.15, 0.2) is 0 Å². The summed E-state index contributed by atoms with van der Waals surface area (Å²) >= 11 is 0. The minimum absolute atomic E-state index is 0.140. The molecule has 3 heterocycles. The van der Waals surface area contributed by atoms with Crippen LogP contribution in [0.1, 0.15) is 30.3 Å². The third-order valence-corrected chi connectivity index (χ3v) is 5.12. The Morgan fingerprint density at radius 2 is 1.91 bits per heavy atom. The van der Waals surface area contributed by atoms with Crippen LogP contribution >= 0.6 is 0 Å². The SMILES string of the molecule is Cc1nc(C2CC(O)C2)cc(N2CC(N3CCOCC3)C2)n1. The first-order valence-corrected chi connectivity index (χ1v) is 8.29. The van der Waals surface area contributed by atoms with Crippen LogP contribution in [-0.2, 0) is 4.74 Å². The number of aliphatic hydroxyl groups excluding tert-OH is 1. The van der Waals surface area contributed by atoms with Crippen molar-refractivity contribution in [1.82, 2.24) is 14.9 Å². The summed E-state index contributed by atoms with van der Waals surface area (Å²) < 4.78 is 5.42. The van der Waals surface area contributed by atoms with Crippen LogP contribution in [0.4, 0.5) is 5.82 Å². The highest BCUT2D eigenvalue weighted by Crippen LogP contribution is 2.37. The summed E-state index contributed by atoms with van der Waals surface area (Å²) in [5.41, 5.74) is 1.10. The molecule has 0 spiro atoms. The van der Waals surface area contributed by atoms with Crippen LogP contribution in [0, 0.1) is 6.92 Å². The average Bonchev–Trinajstić information content (AvgIpc) is 2.43. The molecule has 2 aliphatic heterocycles. The van der Waals surface area contributed by atoms with Crippen molar-refractivity contribution in [1.29, 1.82) is 0 Å². The molecule has 1 aromatic heterocycles. The van der Waals surface area contributed by atoms with Crippen LogP contribution in [0.5, 0.6) is 0 Å². The zero-order chi connectivity index (χ0) is 15.1. The summed E-state index contributed by atoms with van der Waals surface area (Å²) in [6.07, 6.45) is 1.54. The van der Waals surface area contributed by atoms with Crippen molar-refractivity contribution >= 4 is 5.82 Å². The van der Waals surface area contributed by atoms with Gasteiger partial charge in [0, 0.05) is 49.9 Å². The first-order valence-electron chi connectivity index (χ1n) is 8.29. The summed E-state index contributed by atoms with van der Waals surface area (Å²) in [7, 11) is 0. The number of morpholine rings is 1. The molecule has 0 bridgehead atoms. The monoisotopic (exact) mass is 304 g/mol. The van der Waals surface area contributed by atoms with Crippen LogP contribution in [0.2, 0.25) is 0 Å². The molecule has 0 aromatic carbocycles. The van der Waals surface area contributed by atoms with Crippen molar-refractivity contribution < 1.29 is 9.84 Å². The van der Waals surface area contributed by atoms with E-state index in [9.17, 15) is 5.11 Å². The van der Waals surface area contributed by atoms with E-state index in [1.165, 1.54) is 0 Å². The zero-order valence-corrected chi connectivity index (χ0v) is 13.1. The van der Waals surface area contributed by atoms with E-state index in [-0.39, 0.29) is 6.10 Å². The van der Waals surface area contributed by atoms with Crippen LogP contribution in [0.15, 0.2) is 6.07 Å². The Balaban J connectivity index is 1.41. The quantitative estimate of drug-likeness (QED) is 0.880. The Kier molecular flexibility index (Phi) is 3.76. The van der Waals surface area contributed by atoms with Crippen molar-refractivity contribution in [2.75, 3.05) is 44.3 Å². The van der Waals surface area contributed by atoms with E-state index < -0.39 is 0 Å². The lowest BCUT2D eigenvalue weighted by atomic mass is 9.80. The van der Waals surface area contributed by atoms with Gasteiger partial charge < -0.3 is 14.7 Å². The molecule has 1 aromatic rings. The molecule has 0 atom stereocenters. The molecule has 3 fully saturated rings. The van der Waals surface area contributed by atoms with E-state index in [1.54, 1.807) is 0 Å². The normalized spacial score (nSPS) is 30.0. The van der Waals surface area contributed by atoms with E-state index in [0.29, 0.717) is 12.0 Å². The summed E-state index contributed by atoms with van der Waals surface area (Å²) in [6, 6.07) is 2.76. The zero-order valence-electron chi connectivity index (χ0n) is 13.1. The molecule has 0 radical (unpaired) electrons. The molecule has 1 N–H and O–H groups in total. The van der Waals surface area contributed by atoms with Gasteiger partial charge in [-0.1, -0.05) is 0 Å². The van der Waals surface area contributed by atoms with E-state index >= 15 is 0 Å². The molecule has 1 saturated carbocycles. The molecule has 22 heavy (non-hydrogen) atoms. The standard InChI is InChI=1S/C16H24N4O2/c1-11-17-15(12-6-14(21)7-12)8-16(18-11)20-9-13(10-20)19-2-4-22-5-3-19/h8,12-14,21H,2-7,9-10H2,1H3. The number of hydrogen-bond donors (Lipinski definition) is 1. The summed E-state index contributed by atoms with van der Waals surface area (Å²) in [5, 5.41) is 9.49. The average molecular weight is 304 g/mol. The van der Waals surface area contributed by atoms with Gasteiger partial charge in [-0.25, -0.2) is 9.97 Å². The molecule has 4 rings (SSSR count). The maximum absolute atomic E-state index is 9.49. The second-order valence-electron chi connectivity index (χ2n) is 6.73. The molecule has 1 aliphatic carbocycles. The number of rotatable bonds is 3. The highest BCUT2D eigenvalue weighted by atomic mass is 16.5. The topological polar surface area (TPSA) is 61.7 Å². The smallest absolute Gasteiger partial charge is 0.132 e. The first-order chi connectivity index (χ1) is 10.7. The molecule has 6 heteroatoms. The summed E-state index contributed by atoms with van der Waals surface area (Å²) in [5.74, 6) is 2.30. The first kappa shape index (κ1) is 14.4. The predicted octanol–water partition coefficient (Wildman–Crippen LogP) is 0.544. The number of ether oxygens (including phenoxy) is 1. The fourth-order valence-corrected chi connectivity index (χ4v) is 3.59. The van der Waals surface area contributed by atoms with Crippen molar-refractivity contribution in [2.24, 2.45) is 0 Å². The lowest BCUT2D eigenvalue weighted by Gasteiger charge is -2.47. The molecule has 0 amide bonds. The van der Waals surface area contributed by atoms with Crippen molar-refractivity contribution in [3.63, 3.8) is 0 Å². The Morgan fingerprint density at radius 3 is 2.59 bits per heavy atom. The Bertz CT molecular complexity index is 535. The Morgan fingerprint density at radius 1 is 1.18 bits per heavy atom. The summed E-state index contributed by atoms with van der Waals surface area (Å²) in [6.45, 7) is 7.86. The number of aromatic nitrogens is 2. The molecular weight excluding hydrogens is 280 g/mol. The maximum atomic E-state index is 9.49. The van der Waals surface area contributed by atoms with E-state index in [1.807, 2.05) is 6.92 Å². The second kappa shape index (κ2) is 5.76. The largest absolute Gasteiger partial charge is 0.393 e. The van der Waals surface area contributed by atoms with Crippen molar-refractivity contribution in [3.05, 3.63) is 17.6 Å². The van der Waals surface area contributed by atoms with Gasteiger partial charge in [-0.2, -0.15) is 0 Å². The molecule has 2 saturated heterocycles. The Hall–Kier alpha value is -1.24. The molecule has 6 nitrogen and oxygen atoms in total. The fourth-order valence-electron chi connectivity index (χ4n) is 3.59. The maximum Gasteiger partial charge on any atom is 0.132 e. The minimum atomic E-state index is -0.140. The predicted molar refractivity (Wildman–Crippen MR) is 83.1 cm³/mol. The third-order valence-electron chi connectivity index (χ3n) is 5.12. The highest BCUT2D eigenvalue weighted by Gasteiger charge is 2.35. The molecular formula is C16H24N4O2. The van der Waals surface area contributed by atoms with Gasteiger partial charge in [0.1, 0.15) is 11.6 Å². The highest BCUT2D eigenvalue weighted by molar-refractivity contribution is 5.44. The molecule has 120 valence electrons. The van der Waals surface area contributed by atoms with Gasteiger partial charge in [-0.05, 0) is 19.8 Å². The minimum Gasteiger partial charge on any atom is -0.393 e. The van der Waals surface area contributed by atoms with Gasteiger partial charge >= 0.3 is 0 Å². The lowest BCUT2D eigenvalue weighted by Crippen LogP contribution is -2.61. The van der Waals surface area contributed by atoms with Crippen LogP contribution in [0.3, 0.4) is 0 Å². The third kappa shape index (κ3) is 2.71. The van der Waals surface area contributed by atoms with Crippen LogP contribution < -0.4 is 4.90 Å². The van der Waals surface area contributed by atoms with Gasteiger partial charge in [0.2, 0.25) is 0 Å². The van der Waals surface area contributed by atoms with E-state index in [4.69, 9.17) is 4.74 Å². The number of anilines is 1. The lowest BCUT2D eigenvalue weighted by molar-refractivity contribution is 0.0104. The van der Waals surface area contributed by atoms with Crippen LogP contribution in [-0.4, -0.2) is 71.5 Å². The molecule has 3 aliphatic rings. The summed E-state index contributed by atoms with van der Waals surface area (Å²) in [4.78, 5) is 14.0. The number of nitrogens with zero attached hydrogens (tertiary/aromatic N) is 4. The number of aliphatic hydroxyl groups is 1. The molecule has 0 unspecified atom stereocenters. The van der Waals surface area contributed by atoms with Gasteiger partial charge in [-0.3, -0.25) is 4.90 Å². The number of hydrogen-bond acceptors (Lipinski definition) is 6. The van der Waals surface area contributed by atoms with Crippen molar-refractivity contribution in [2.45, 2.75) is 37.8 Å². The fraction of sp³-hybridized carbons (Fsp3) is 0.750. The van der Waals surface area contributed by atoms with Gasteiger partial charge in [-0.15, -0.1) is 0 Å². The second-order valence-corrected chi connectivity index (χ2v) is 6.73. The Labute approximate surface area is 131 Å². The van der Waals surface area contributed by atoms with E-state index in [2.05, 4.69) is 25.8 Å². The van der Waals surface area contributed by atoms with Crippen molar-refractivity contribution in [3.8, 4) is 0 Å².